The molecule has 0 radical (unpaired) electrons. The zero-order chi connectivity index (χ0) is 10.8. The van der Waals surface area contributed by atoms with Crippen molar-refractivity contribution in [1.29, 1.82) is 0 Å². The SMILES string of the molecule is C=CC(=O)OC(C=CC)CCCCC. The van der Waals surface area contributed by atoms with Crippen LogP contribution in [-0.2, 0) is 9.53 Å². The number of hydrogen-bond acceptors (Lipinski definition) is 2. The minimum Gasteiger partial charge on any atom is -0.455 e. The number of unbranched alkanes of at least 4 members (excludes halogenated alkanes) is 2. The lowest BCUT2D eigenvalue weighted by atomic mass is 10.1. The molecule has 0 bridgehead atoms. The van der Waals surface area contributed by atoms with Crippen molar-refractivity contribution >= 4 is 5.97 Å². The second-order valence-electron chi connectivity index (χ2n) is 3.20. The summed E-state index contributed by atoms with van der Waals surface area (Å²) in [5.41, 5.74) is 0. The van der Waals surface area contributed by atoms with Crippen molar-refractivity contribution in [2.45, 2.75) is 45.6 Å². The molecule has 2 heteroatoms. The van der Waals surface area contributed by atoms with Gasteiger partial charge in [0, 0.05) is 6.08 Å². The molecular weight excluding hydrogens is 176 g/mol. The highest BCUT2D eigenvalue weighted by atomic mass is 16.5. The van der Waals surface area contributed by atoms with Gasteiger partial charge in [0.1, 0.15) is 6.10 Å². The quantitative estimate of drug-likeness (QED) is 0.270. The van der Waals surface area contributed by atoms with E-state index in [1.54, 1.807) is 0 Å². The molecule has 0 heterocycles. The standard InChI is InChI=1S/C12H20O2/c1-4-7-8-10-11(9-5-2)14-12(13)6-3/h5-6,9,11H,3-4,7-8,10H2,1-2H3. The van der Waals surface area contributed by atoms with Gasteiger partial charge < -0.3 is 4.74 Å². The van der Waals surface area contributed by atoms with Crippen LogP contribution in [0.3, 0.4) is 0 Å². The van der Waals surface area contributed by atoms with E-state index >= 15 is 0 Å². The molecule has 1 unspecified atom stereocenters. The fourth-order valence-corrected chi connectivity index (χ4v) is 1.20. The Bertz CT molecular complexity index is 194. The average Bonchev–Trinajstić information content (AvgIpc) is 2.18. The van der Waals surface area contributed by atoms with Crippen LogP contribution in [0.2, 0.25) is 0 Å². The molecule has 0 saturated heterocycles. The molecule has 0 aromatic rings. The summed E-state index contributed by atoms with van der Waals surface area (Å²) in [5.74, 6) is -0.343. The Morgan fingerprint density at radius 2 is 2.21 bits per heavy atom. The van der Waals surface area contributed by atoms with E-state index in [-0.39, 0.29) is 12.1 Å². The minimum atomic E-state index is -0.343. The van der Waals surface area contributed by atoms with Gasteiger partial charge in [-0.2, -0.15) is 0 Å². The van der Waals surface area contributed by atoms with Gasteiger partial charge in [0.15, 0.2) is 0 Å². The van der Waals surface area contributed by atoms with Crippen LogP contribution in [0.1, 0.15) is 39.5 Å². The number of hydrogen-bond donors (Lipinski definition) is 0. The maximum absolute atomic E-state index is 11.0. The van der Waals surface area contributed by atoms with Gasteiger partial charge in [-0.05, 0) is 25.8 Å². The molecule has 0 aliphatic heterocycles. The van der Waals surface area contributed by atoms with Crippen LogP contribution in [0.25, 0.3) is 0 Å². The topological polar surface area (TPSA) is 26.3 Å². The Kier molecular flexibility index (Phi) is 7.90. The Labute approximate surface area is 86.6 Å². The molecule has 0 aromatic carbocycles. The smallest absolute Gasteiger partial charge is 0.330 e. The number of ether oxygens (including phenoxy) is 1. The molecule has 0 rings (SSSR count). The first-order valence-electron chi connectivity index (χ1n) is 5.20. The number of rotatable bonds is 7. The lowest BCUT2D eigenvalue weighted by Crippen LogP contribution is -2.14. The van der Waals surface area contributed by atoms with Gasteiger partial charge >= 0.3 is 5.97 Å². The lowest BCUT2D eigenvalue weighted by molar-refractivity contribution is -0.141. The van der Waals surface area contributed by atoms with E-state index < -0.39 is 0 Å². The van der Waals surface area contributed by atoms with Crippen molar-refractivity contribution in [2.75, 3.05) is 0 Å². The number of allylic oxidation sites excluding steroid dienone is 1. The summed E-state index contributed by atoms with van der Waals surface area (Å²) >= 11 is 0. The van der Waals surface area contributed by atoms with E-state index in [4.69, 9.17) is 4.74 Å². The lowest BCUT2D eigenvalue weighted by Gasteiger charge is -2.12. The predicted octanol–water partition coefficient (Wildman–Crippen LogP) is 3.24. The van der Waals surface area contributed by atoms with Crippen molar-refractivity contribution in [3.63, 3.8) is 0 Å². The zero-order valence-corrected chi connectivity index (χ0v) is 9.16. The zero-order valence-electron chi connectivity index (χ0n) is 9.16. The summed E-state index contributed by atoms with van der Waals surface area (Å²) in [7, 11) is 0. The van der Waals surface area contributed by atoms with E-state index in [1.165, 1.54) is 18.9 Å². The highest BCUT2D eigenvalue weighted by Crippen LogP contribution is 2.08. The molecule has 0 fully saturated rings. The summed E-state index contributed by atoms with van der Waals surface area (Å²) in [4.78, 5) is 11.0. The van der Waals surface area contributed by atoms with E-state index in [1.807, 2.05) is 19.1 Å². The highest BCUT2D eigenvalue weighted by molar-refractivity contribution is 5.81. The Morgan fingerprint density at radius 1 is 1.50 bits per heavy atom. The molecule has 0 aliphatic rings. The summed E-state index contributed by atoms with van der Waals surface area (Å²) in [6, 6.07) is 0. The maximum atomic E-state index is 11.0. The number of carbonyl (C=O) groups excluding carboxylic acids is 1. The van der Waals surface area contributed by atoms with Gasteiger partial charge in [-0.25, -0.2) is 4.79 Å². The third kappa shape index (κ3) is 6.46. The first-order valence-corrected chi connectivity index (χ1v) is 5.20. The van der Waals surface area contributed by atoms with Crippen molar-refractivity contribution in [3.8, 4) is 0 Å². The van der Waals surface area contributed by atoms with Crippen LogP contribution in [0.15, 0.2) is 24.8 Å². The van der Waals surface area contributed by atoms with Crippen molar-refractivity contribution in [1.82, 2.24) is 0 Å². The molecule has 0 saturated carbocycles. The normalized spacial score (nSPS) is 12.7. The van der Waals surface area contributed by atoms with E-state index in [0.717, 1.165) is 12.8 Å². The number of carbonyl (C=O) groups is 1. The monoisotopic (exact) mass is 196 g/mol. The average molecular weight is 196 g/mol. The first kappa shape index (κ1) is 12.9. The highest BCUT2D eigenvalue weighted by Gasteiger charge is 2.07. The Morgan fingerprint density at radius 3 is 2.71 bits per heavy atom. The third-order valence-electron chi connectivity index (χ3n) is 1.93. The summed E-state index contributed by atoms with van der Waals surface area (Å²) in [5, 5.41) is 0. The van der Waals surface area contributed by atoms with E-state index in [0.29, 0.717) is 0 Å². The molecule has 1 atom stereocenters. The van der Waals surface area contributed by atoms with Crippen molar-refractivity contribution < 1.29 is 9.53 Å². The van der Waals surface area contributed by atoms with Gasteiger partial charge in [-0.15, -0.1) is 0 Å². The minimum absolute atomic E-state index is 0.0861. The third-order valence-corrected chi connectivity index (χ3v) is 1.93. The van der Waals surface area contributed by atoms with Crippen LogP contribution in [0.4, 0.5) is 0 Å². The molecule has 0 N–H and O–H groups in total. The van der Waals surface area contributed by atoms with Gasteiger partial charge in [-0.1, -0.05) is 32.4 Å². The number of esters is 1. The van der Waals surface area contributed by atoms with Crippen LogP contribution < -0.4 is 0 Å². The molecule has 0 aromatic heterocycles. The molecule has 14 heavy (non-hydrogen) atoms. The molecule has 2 nitrogen and oxygen atoms in total. The van der Waals surface area contributed by atoms with Crippen LogP contribution in [0.5, 0.6) is 0 Å². The summed E-state index contributed by atoms with van der Waals surface area (Å²) < 4.78 is 5.14. The second kappa shape index (κ2) is 8.54. The Balaban J connectivity index is 3.88. The van der Waals surface area contributed by atoms with Gasteiger partial charge in [0.25, 0.3) is 0 Å². The van der Waals surface area contributed by atoms with Gasteiger partial charge in [-0.3, -0.25) is 0 Å². The first-order chi connectivity index (χ1) is 6.74. The van der Waals surface area contributed by atoms with E-state index in [9.17, 15) is 4.79 Å². The fourth-order valence-electron chi connectivity index (χ4n) is 1.20. The van der Waals surface area contributed by atoms with Crippen molar-refractivity contribution in [3.05, 3.63) is 24.8 Å². The second-order valence-corrected chi connectivity index (χ2v) is 3.20. The molecule has 0 spiro atoms. The molecular formula is C12H20O2. The van der Waals surface area contributed by atoms with Crippen molar-refractivity contribution in [2.24, 2.45) is 0 Å². The molecule has 0 aliphatic carbocycles. The largest absolute Gasteiger partial charge is 0.455 e. The molecule has 0 amide bonds. The van der Waals surface area contributed by atoms with Crippen LogP contribution in [-0.4, -0.2) is 12.1 Å². The van der Waals surface area contributed by atoms with Gasteiger partial charge in [0.2, 0.25) is 0 Å². The van der Waals surface area contributed by atoms with Crippen LogP contribution in [0, 0.1) is 0 Å². The summed E-state index contributed by atoms with van der Waals surface area (Å²) in [6.45, 7) is 7.45. The predicted molar refractivity (Wildman–Crippen MR) is 59.0 cm³/mol. The maximum Gasteiger partial charge on any atom is 0.330 e. The summed E-state index contributed by atoms with van der Waals surface area (Å²) in [6.07, 6.45) is 9.29. The molecule has 80 valence electrons. The van der Waals surface area contributed by atoms with Gasteiger partial charge in [0.05, 0.1) is 0 Å². The fraction of sp³-hybridized carbons (Fsp3) is 0.583. The Hall–Kier alpha value is -1.05. The van der Waals surface area contributed by atoms with E-state index in [2.05, 4.69) is 13.5 Å². The van der Waals surface area contributed by atoms with Crippen LogP contribution >= 0.6 is 0 Å².